The zero-order chi connectivity index (χ0) is 16.7. The molecule has 0 aromatic heterocycles. The molecule has 0 bridgehead atoms. The van der Waals surface area contributed by atoms with Gasteiger partial charge in [-0.3, -0.25) is 4.79 Å². The first-order chi connectivity index (χ1) is 11.1. The summed E-state index contributed by atoms with van der Waals surface area (Å²) in [6.07, 6.45) is 3.36. The molecule has 0 aliphatic rings. The molecule has 3 heteroatoms. The second kappa shape index (κ2) is 8.18. The van der Waals surface area contributed by atoms with Crippen molar-refractivity contribution >= 4 is 17.7 Å². The zero-order valence-corrected chi connectivity index (χ0v) is 13.9. The number of nitrogens with one attached hydrogen (secondary N) is 1. The highest BCUT2D eigenvalue weighted by Gasteiger charge is 2.00. The molecule has 2 rings (SSSR count). The summed E-state index contributed by atoms with van der Waals surface area (Å²) in [6, 6.07) is 15.6. The maximum absolute atomic E-state index is 11.9. The van der Waals surface area contributed by atoms with E-state index >= 15 is 0 Å². The SMILES string of the molecule is CCOc1ccc(NC(=O)/C=C/c2ccc(C(C)C)cc2)cc1. The van der Waals surface area contributed by atoms with Gasteiger partial charge in [-0.15, -0.1) is 0 Å². The Labute approximate surface area is 138 Å². The number of hydrogen-bond acceptors (Lipinski definition) is 2. The van der Waals surface area contributed by atoms with Gasteiger partial charge in [0.05, 0.1) is 6.61 Å². The Morgan fingerprint density at radius 3 is 2.30 bits per heavy atom. The van der Waals surface area contributed by atoms with Crippen LogP contribution in [0.4, 0.5) is 5.69 Å². The molecule has 0 radical (unpaired) electrons. The van der Waals surface area contributed by atoms with Crippen molar-refractivity contribution in [2.45, 2.75) is 26.7 Å². The molecule has 23 heavy (non-hydrogen) atoms. The first kappa shape index (κ1) is 16.8. The van der Waals surface area contributed by atoms with E-state index in [2.05, 4.69) is 31.3 Å². The van der Waals surface area contributed by atoms with Crippen molar-refractivity contribution in [1.29, 1.82) is 0 Å². The smallest absolute Gasteiger partial charge is 0.248 e. The Morgan fingerprint density at radius 2 is 1.74 bits per heavy atom. The summed E-state index contributed by atoms with van der Waals surface area (Å²) >= 11 is 0. The fourth-order valence-electron chi connectivity index (χ4n) is 2.15. The van der Waals surface area contributed by atoms with Gasteiger partial charge < -0.3 is 10.1 Å². The molecule has 0 spiro atoms. The van der Waals surface area contributed by atoms with E-state index in [0.717, 1.165) is 17.0 Å². The molecule has 1 N–H and O–H groups in total. The minimum Gasteiger partial charge on any atom is -0.494 e. The summed E-state index contributed by atoms with van der Waals surface area (Å²) in [5, 5.41) is 2.83. The van der Waals surface area contributed by atoms with E-state index in [1.807, 2.05) is 49.4 Å². The first-order valence-electron chi connectivity index (χ1n) is 7.90. The molecular formula is C20H23NO2. The maximum Gasteiger partial charge on any atom is 0.248 e. The van der Waals surface area contributed by atoms with Crippen LogP contribution in [0.25, 0.3) is 6.08 Å². The van der Waals surface area contributed by atoms with E-state index < -0.39 is 0 Å². The van der Waals surface area contributed by atoms with Gasteiger partial charge in [-0.25, -0.2) is 0 Å². The normalized spacial score (nSPS) is 11.0. The van der Waals surface area contributed by atoms with Crippen molar-refractivity contribution < 1.29 is 9.53 Å². The minimum absolute atomic E-state index is 0.151. The van der Waals surface area contributed by atoms with Crippen LogP contribution in [0.3, 0.4) is 0 Å². The Balaban J connectivity index is 1.93. The molecule has 1 amide bonds. The highest BCUT2D eigenvalue weighted by atomic mass is 16.5. The van der Waals surface area contributed by atoms with Crippen molar-refractivity contribution in [2.24, 2.45) is 0 Å². The summed E-state index contributed by atoms with van der Waals surface area (Å²) in [5.74, 6) is 1.16. The molecule has 0 atom stereocenters. The first-order valence-corrected chi connectivity index (χ1v) is 7.90. The molecule has 2 aromatic rings. The van der Waals surface area contributed by atoms with Crippen LogP contribution >= 0.6 is 0 Å². The van der Waals surface area contributed by atoms with E-state index in [9.17, 15) is 4.79 Å². The van der Waals surface area contributed by atoms with E-state index in [1.54, 1.807) is 6.08 Å². The average molecular weight is 309 g/mol. The molecule has 0 unspecified atom stereocenters. The highest BCUT2D eigenvalue weighted by Crippen LogP contribution is 2.17. The van der Waals surface area contributed by atoms with Crippen LogP contribution in [-0.2, 0) is 4.79 Å². The summed E-state index contributed by atoms with van der Waals surface area (Å²) in [5.41, 5.74) is 3.05. The largest absolute Gasteiger partial charge is 0.494 e. The third-order valence-electron chi connectivity index (χ3n) is 3.46. The number of amides is 1. The molecule has 3 nitrogen and oxygen atoms in total. The van der Waals surface area contributed by atoms with Gasteiger partial charge in [-0.2, -0.15) is 0 Å². The molecule has 2 aromatic carbocycles. The molecule has 0 heterocycles. The molecule has 0 saturated heterocycles. The van der Waals surface area contributed by atoms with Crippen molar-refractivity contribution in [3.8, 4) is 5.75 Å². The lowest BCUT2D eigenvalue weighted by molar-refractivity contribution is -0.111. The number of carbonyl (C=O) groups is 1. The topological polar surface area (TPSA) is 38.3 Å². The van der Waals surface area contributed by atoms with E-state index in [0.29, 0.717) is 12.5 Å². The van der Waals surface area contributed by atoms with Crippen molar-refractivity contribution in [3.05, 3.63) is 65.7 Å². The van der Waals surface area contributed by atoms with Crippen molar-refractivity contribution in [3.63, 3.8) is 0 Å². The van der Waals surface area contributed by atoms with Crippen LogP contribution in [-0.4, -0.2) is 12.5 Å². The number of rotatable bonds is 6. The van der Waals surface area contributed by atoms with Crippen LogP contribution in [0, 0.1) is 0 Å². The maximum atomic E-state index is 11.9. The summed E-state index contributed by atoms with van der Waals surface area (Å²) in [4.78, 5) is 11.9. The van der Waals surface area contributed by atoms with Gasteiger partial charge in [0.15, 0.2) is 0 Å². The molecule has 120 valence electrons. The van der Waals surface area contributed by atoms with Crippen LogP contribution in [0.5, 0.6) is 5.75 Å². The number of hydrogen-bond donors (Lipinski definition) is 1. The molecule has 0 aliphatic heterocycles. The second-order valence-electron chi connectivity index (χ2n) is 5.60. The van der Waals surface area contributed by atoms with Gasteiger partial charge in [-0.05, 0) is 54.3 Å². The summed E-state index contributed by atoms with van der Waals surface area (Å²) in [7, 11) is 0. The number of ether oxygens (including phenoxy) is 1. The molecular weight excluding hydrogens is 286 g/mol. The van der Waals surface area contributed by atoms with Crippen LogP contribution < -0.4 is 10.1 Å². The Bertz CT molecular complexity index is 655. The predicted octanol–water partition coefficient (Wildman–Crippen LogP) is 4.86. The quantitative estimate of drug-likeness (QED) is 0.774. The van der Waals surface area contributed by atoms with Gasteiger partial charge in [0, 0.05) is 11.8 Å². The highest BCUT2D eigenvalue weighted by molar-refractivity contribution is 6.01. The average Bonchev–Trinajstić information content (AvgIpc) is 2.55. The van der Waals surface area contributed by atoms with Gasteiger partial charge in [0.25, 0.3) is 0 Å². The minimum atomic E-state index is -0.151. The number of benzene rings is 2. The lowest BCUT2D eigenvalue weighted by atomic mass is 10.0. The predicted molar refractivity (Wildman–Crippen MR) is 95.8 cm³/mol. The van der Waals surface area contributed by atoms with Crippen molar-refractivity contribution in [2.75, 3.05) is 11.9 Å². The number of carbonyl (C=O) groups excluding carboxylic acids is 1. The van der Waals surface area contributed by atoms with E-state index in [1.165, 1.54) is 5.56 Å². The van der Waals surface area contributed by atoms with Crippen molar-refractivity contribution in [1.82, 2.24) is 0 Å². The number of anilines is 1. The Hall–Kier alpha value is -2.55. The fourth-order valence-corrected chi connectivity index (χ4v) is 2.15. The standard InChI is InChI=1S/C20H23NO2/c1-4-23-19-12-10-18(11-13-19)21-20(22)14-7-16-5-8-17(9-6-16)15(2)3/h5-15H,4H2,1-3H3,(H,21,22)/b14-7+. The fraction of sp³-hybridized carbons (Fsp3) is 0.250. The second-order valence-corrected chi connectivity index (χ2v) is 5.60. The Kier molecular flexibility index (Phi) is 5.98. The Morgan fingerprint density at radius 1 is 1.09 bits per heavy atom. The summed E-state index contributed by atoms with van der Waals surface area (Å²) in [6.45, 7) is 6.89. The third-order valence-corrected chi connectivity index (χ3v) is 3.46. The van der Waals surface area contributed by atoms with Crippen LogP contribution in [0.2, 0.25) is 0 Å². The van der Waals surface area contributed by atoms with Crippen LogP contribution in [0.15, 0.2) is 54.6 Å². The lowest BCUT2D eigenvalue weighted by Crippen LogP contribution is -2.07. The van der Waals surface area contributed by atoms with E-state index in [4.69, 9.17) is 4.74 Å². The lowest BCUT2D eigenvalue weighted by Gasteiger charge is -2.06. The van der Waals surface area contributed by atoms with Gasteiger partial charge in [-0.1, -0.05) is 38.1 Å². The molecule has 0 aliphatic carbocycles. The molecule has 0 fully saturated rings. The van der Waals surface area contributed by atoms with Gasteiger partial charge in [0.2, 0.25) is 5.91 Å². The van der Waals surface area contributed by atoms with Gasteiger partial charge in [0.1, 0.15) is 5.75 Å². The van der Waals surface area contributed by atoms with E-state index in [-0.39, 0.29) is 5.91 Å². The summed E-state index contributed by atoms with van der Waals surface area (Å²) < 4.78 is 5.37. The third kappa shape index (κ3) is 5.29. The molecule has 0 saturated carbocycles. The monoisotopic (exact) mass is 309 g/mol. The van der Waals surface area contributed by atoms with Crippen LogP contribution in [0.1, 0.15) is 37.8 Å². The zero-order valence-electron chi connectivity index (χ0n) is 13.9. The van der Waals surface area contributed by atoms with Gasteiger partial charge >= 0.3 is 0 Å².